The summed E-state index contributed by atoms with van der Waals surface area (Å²) in [5, 5.41) is 7.22. The van der Waals surface area contributed by atoms with Gasteiger partial charge in [-0.1, -0.05) is 12.1 Å². The Kier molecular flexibility index (Phi) is 6.37. The minimum Gasteiger partial charge on any atom is -0.366 e. The average Bonchev–Trinajstić information content (AvgIpc) is 3.08. The number of halogens is 3. The first-order chi connectivity index (χ1) is 15.7. The van der Waals surface area contributed by atoms with Crippen LogP contribution in [0.3, 0.4) is 0 Å². The predicted molar refractivity (Wildman–Crippen MR) is 120 cm³/mol. The molecule has 33 heavy (non-hydrogen) atoms. The summed E-state index contributed by atoms with van der Waals surface area (Å²) < 4.78 is 40.5. The average molecular weight is 458 g/mol. The zero-order chi connectivity index (χ0) is 23.6. The quantitative estimate of drug-likeness (QED) is 0.632. The number of carbonyl (C=O) groups is 1. The van der Waals surface area contributed by atoms with Crippen molar-refractivity contribution in [1.82, 2.24) is 19.7 Å². The number of piperazine rings is 1. The molecule has 0 radical (unpaired) electrons. The van der Waals surface area contributed by atoms with E-state index in [9.17, 15) is 18.0 Å². The van der Waals surface area contributed by atoms with Crippen LogP contribution in [0.1, 0.15) is 17.0 Å². The number of benzene rings is 1. The maximum Gasteiger partial charge on any atom is 0.416 e. The van der Waals surface area contributed by atoms with E-state index in [0.29, 0.717) is 26.2 Å². The van der Waals surface area contributed by atoms with E-state index < -0.39 is 11.7 Å². The van der Waals surface area contributed by atoms with Gasteiger partial charge in [0.1, 0.15) is 0 Å². The molecule has 1 saturated heterocycles. The highest BCUT2D eigenvalue weighted by Crippen LogP contribution is 2.31. The highest BCUT2D eigenvalue weighted by molar-refractivity contribution is 5.92. The van der Waals surface area contributed by atoms with Crippen molar-refractivity contribution >= 4 is 17.3 Å². The standard InChI is InChI=1S/C23H25F3N6O/c1-16-22(17(2)32(29-16)20-8-3-4-9-27-20)31-12-10-30(11-13-31)15-21(33)28-19-7-5-6-18(14-19)23(24,25)26/h3-9,14H,10-13,15H2,1-2H3,(H,28,33). The van der Waals surface area contributed by atoms with Crippen molar-refractivity contribution in [3.8, 4) is 5.82 Å². The summed E-state index contributed by atoms with van der Waals surface area (Å²) in [6, 6.07) is 10.3. The topological polar surface area (TPSA) is 66.3 Å². The Balaban J connectivity index is 1.35. The number of rotatable bonds is 5. The molecule has 1 aliphatic heterocycles. The lowest BCUT2D eigenvalue weighted by Crippen LogP contribution is -2.49. The highest BCUT2D eigenvalue weighted by Gasteiger charge is 2.30. The van der Waals surface area contributed by atoms with Crippen LogP contribution in [0.15, 0.2) is 48.7 Å². The van der Waals surface area contributed by atoms with Crippen molar-refractivity contribution in [1.29, 1.82) is 0 Å². The second-order valence-corrected chi connectivity index (χ2v) is 8.01. The summed E-state index contributed by atoms with van der Waals surface area (Å²) in [5.41, 5.74) is 2.33. The Hall–Kier alpha value is -3.40. The Morgan fingerprint density at radius 1 is 1.06 bits per heavy atom. The van der Waals surface area contributed by atoms with Crippen LogP contribution in [0, 0.1) is 13.8 Å². The van der Waals surface area contributed by atoms with Gasteiger partial charge in [-0.3, -0.25) is 9.69 Å². The predicted octanol–water partition coefficient (Wildman–Crippen LogP) is 3.66. The minimum atomic E-state index is -4.45. The van der Waals surface area contributed by atoms with Crippen molar-refractivity contribution in [2.45, 2.75) is 20.0 Å². The highest BCUT2D eigenvalue weighted by atomic mass is 19.4. The molecule has 0 bridgehead atoms. The van der Waals surface area contributed by atoms with Crippen LogP contribution in [0.2, 0.25) is 0 Å². The van der Waals surface area contributed by atoms with Gasteiger partial charge in [-0.25, -0.2) is 9.67 Å². The first-order valence-corrected chi connectivity index (χ1v) is 10.6. The largest absolute Gasteiger partial charge is 0.416 e. The fraction of sp³-hybridized carbons (Fsp3) is 0.348. The first kappa shape index (κ1) is 22.8. The Labute approximate surface area is 189 Å². The summed E-state index contributed by atoms with van der Waals surface area (Å²) >= 11 is 0. The van der Waals surface area contributed by atoms with E-state index in [2.05, 4.69) is 20.3 Å². The van der Waals surface area contributed by atoms with Crippen molar-refractivity contribution in [2.75, 3.05) is 42.9 Å². The van der Waals surface area contributed by atoms with Crippen molar-refractivity contribution < 1.29 is 18.0 Å². The molecule has 3 heterocycles. The number of nitrogens with zero attached hydrogens (tertiary/aromatic N) is 5. The Morgan fingerprint density at radius 2 is 1.82 bits per heavy atom. The first-order valence-electron chi connectivity index (χ1n) is 10.6. The molecule has 0 unspecified atom stereocenters. The number of aromatic nitrogens is 3. The molecular formula is C23H25F3N6O. The third kappa shape index (κ3) is 5.16. The van der Waals surface area contributed by atoms with Gasteiger partial charge in [0, 0.05) is 38.1 Å². The molecule has 10 heteroatoms. The maximum atomic E-state index is 12.9. The van der Waals surface area contributed by atoms with E-state index >= 15 is 0 Å². The van der Waals surface area contributed by atoms with E-state index in [1.54, 1.807) is 6.20 Å². The van der Waals surface area contributed by atoms with Crippen LogP contribution < -0.4 is 10.2 Å². The molecule has 7 nitrogen and oxygen atoms in total. The summed E-state index contributed by atoms with van der Waals surface area (Å²) in [4.78, 5) is 21.0. The summed E-state index contributed by atoms with van der Waals surface area (Å²) in [5.74, 6) is 0.423. The van der Waals surface area contributed by atoms with Crippen LogP contribution in [0.5, 0.6) is 0 Å². The third-order valence-electron chi connectivity index (χ3n) is 5.65. The monoisotopic (exact) mass is 458 g/mol. The van der Waals surface area contributed by atoms with E-state index in [1.165, 1.54) is 12.1 Å². The van der Waals surface area contributed by atoms with Crippen LogP contribution >= 0.6 is 0 Å². The lowest BCUT2D eigenvalue weighted by atomic mass is 10.2. The second kappa shape index (κ2) is 9.22. The van der Waals surface area contributed by atoms with E-state index in [4.69, 9.17) is 0 Å². The minimum absolute atomic E-state index is 0.120. The molecule has 1 N–H and O–H groups in total. The normalized spacial score (nSPS) is 15.0. The number of hydrogen-bond donors (Lipinski definition) is 1. The van der Waals surface area contributed by atoms with Crippen molar-refractivity contribution in [3.05, 3.63) is 65.6 Å². The van der Waals surface area contributed by atoms with Gasteiger partial charge in [-0.15, -0.1) is 0 Å². The zero-order valence-corrected chi connectivity index (χ0v) is 18.4. The van der Waals surface area contributed by atoms with Crippen LogP contribution in [-0.2, 0) is 11.0 Å². The summed E-state index contributed by atoms with van der Waals surface area (Å²) in [6.45, 7) is 6.84. The molecule has 1 aliphatic rings. The van der Waals surface area contributed by atoms with Gasteiger partial charge in [0.05, 0.1) is 29.2 Å². The van der Waals surface area contributed by atoms with E-state index in [0.717, 1.165) is 35.0 Å². The summed E-state index contributed by atoms with van der Waals surface area (Å²) in [6.07, 6.45) is -2.72. The lowest BCUT2D eigenvalue weighted by molar-refractivity contribution is -0.137. The Bertz CT molecular complexity index is 1120. The molecule has 0 aliphatic carbocycles. The number of aryl methyl sites for hydroxylation is 1. The van der Waals surface area contributed by atoms with Crippen molar-refractivity contribution in [3.63, 3.8) is 0 Å². The molecule has 3 aromatic rings. The molecule has 0 atom stereocenters. The fourth-order valence-electron chi connectivity index (χ4n) is 4.10. The maximum absolute atomic E-state index is 12.9. The van der Waals surface area contributed by atoms with Gasteiger partial charge in [0.15, 0.2) is 5.82 Å². The van der Waals surface area contributed by atoms with Gasteiger partial charge < -0.3 is 10.2 Å². The molecule has 4 rings (SSSR count). The van der Waals surface area contributed by atoms with Crippen LogP contribution in [-0.4, -0.2) is 58.3 Å². The lowest BCUT2D eigenvalue weighted by Gasteiger charge is -2.35. The zero-order valence-electron chi connectivity index (χ0n) is 18.4. The van der Waals surface area contributed by atoms with E-state index in [-0.39, 0.29) is 18.1 Å². The van der Waals surface area contributed by atoms with Gasteiger partial charge >= 0.3 is 6.18 Å². The van der Waals surface area contributed by atoms with Crippen molar-refractivity contribution in [2.24, 2.45) is 0 Å². The smallest absolute Gasteiger partial charge is 0.366 e. The molecule has 174 valence electrons. The molecule has 2 aromatic heterocycles. The molecule has 0 saturated carbocycles. The second-order valence-electron chi connectivity index (χ2n) is 8.01. The number of carbonyl (C=O) groups excluding carboxylic acids is 1. The number of nitrogens with one attached hydrogen (secondary N) is 1. The van der Waals surface area contributed by atoms with Gasteiger partial charge in [-0.05, 0) is 44.2 Å². The van der Waals surface area contributed by atoms with E-state index in [1.807, 2.05) is 41.6 Å². The molecule has 1 amide bonds. The van der Waals surface area contributed by atoms with Gasteiger partial charge in [0.25, 0.3) is 0 Å². The molecular weight excluding hydrogens is 433 g/mol. The number of pyridine rings is 1. The SMILES string of the molecule is Cc1nn(-c2ccccn2)c(C)c1N1CCN(CC(=O)Nc2cccc(C(F)(F)F)c2)CC1. The Morgan fingerprint density at radius 3 is 2.48 bits per heavy atom. The van der Waals surface area contributed by atoms with Crippen LogP contribution in [0.4, 0.5) is 24.5 Å². The van der Waals surface area contributed by atoms with Crippen LogP contribution in [0.25, 0.3) is 5.82 Å². The molecule has 1 aromatic carbocycles. The number of anilines is 2. The summed E-state index contributed by atoms with van der Waals surface area (Å²) in [7, 11) is 0. The molecule has 1 fully saturated rings. The third-order valence-corrected chi connectivity index (χ3v) is 5.65. The fourth-order valence-corrected chi connectivity index (χ4v) is 4.10. The van der Waals surface area contributed by atoms with Gasteiger partial charge in [-0.2, -0.15) is 18.3 Å². The number of amides is 1. The number of alkyl halides is 3. The number of hydrogen-bond acceptors (Lipinski definition) is 5. The molecule has 0 spiro atoms. The van der Waals surface area contributed by atoms with Gasteiger partial charge in [0.2, 0.25) is 5.91 Å².